The largest absolute Gasteiger partial charge is 0.349 e. The molecule has 0 bridgehead atoms. The first-order valence-electron chi connectivity index (χ1n) is 8.56. The summed E-state index contributed by atoms with van der Waals surface area (Å²) in [5.41, 5.74) is 1.98. The molecule has 2 saturated heterocycles. The number of piperidine rings is 1. The number of nitrogens with one attached hydrogen (secondary N) is 2. The number of benzene rings is 1. The van der Waals surface area contributed by atoms with Crippen LogP contribution >= 0.6 is 12.4 Å². The summed E-state index contributed by atoms with van der Waals surface area (Å²) < 4.78 is 0. The Morgan fingerprint density at radius 3 is 2.75 bits per heavy atom. The molecule has 24 heavy (non-hydrogen) atoms. The second-order valence-corrected chi connectivity index (χ2v) is 6.50. The Bertz CT molecular complexity index is 587. The van der Waals surface area contributed by atoms with E-state index in [0.717, 1.165) is 50.1 Å². The Hall–Kier alpha value is -1.59. The van der Waals surface area contributed by atoms with Crippen LogP contribution in [0.2, 0.25) is 0 Å². The smallest absolute Gasteiger partial charge is 0.227 e. The molecule has 2 aliphatic rings. The van der Waals surface area contributed by atoms with E-state index in [9.17, 15) is 9.59 Å². The molecule has 5 nitrogen and oxygen atoms in total. The number of rotatable bonds is 4. The van der Waals surface area contributed by atoms with Gasteiger partial charge in [0.1, 0.15) is 0 Å². The third kappa shape index (κ3) is 4.28. The summed E-state index contributed by atoms with van der Waals surface area (Å²) in [4.78, 5) is 26.1. The Labute approximate surface area is 149 Å². The van der Waals surface area contributed by atoms with Crippen molar-refractivity contribution in [2.24, 2.45) is 5.92 Å². The van der Waals surface area contributed by atoms with Crippen LogP contribution in [0.1, 0.15) is 44.2 Å². The van der Waals surface area contributed by atoms with Crippen LogP contribution in [0.3, 0.4) is 0 Å². The van der Waals surface area contributed by atoms with Gasteiger partial charge in [-0.2, -0.15) is 0 Å². The zero-order chi connectivity index (χ0) is 16.2. The minimum atomic E-state index is -0.0463. The number of carbonyl (C=O) groups is 2. The van der Waals surface area contributed by atoms with Crippen LogP contribution < -0.4 is 15.5 Å². The molecule has 2 heterocycles. The van der Waals surface area contributed by atoms with Crippen molar-refractivity contribution in [2.45, 2.75) is 38.6 Å². The van der Waals surface area contributed by atoms with Crippen molar-refractivity contribution < 1.29 is 9.59 Å². The van der Waals surface area contributed by atoms with E-state index in [1.165, 1.54) is 0 Å². The molecule has 6 heteroatoms. The highest BCUT2D eigenvalue weighted by Gasteiger charge is 2.24. The van der Waals surface area contributed by atoms with E-state index >= 15 is 0 Å². The van der Waals surface area contributed by atoms with Crippen LogP contribution in [0.25, 0.3) is 0 Å². The number of anilines is 1. The van der Waals surface area contributed by atoms with Gasteiger partial charge in [0.05, 0.1) is 6.04 Å². The second-order valence-electron chi connectivity index (χ2n) is 6.50. The molecule has 0 radical (unpaired) electrons. The van der Waals surface area contributed by atoms with Crippen molar-refractivity contribution >= 4 is 29.9 Å². The first-order chi connectivity index (χ1) is 11.1. The van der Waals surface area contributed by atoms with E-state index in [1.54, 1.807) is 0 Å². The second kappa shape index (κ2) is 8.49. The molecule has 0 spiro atoms. The fourth-order valence-corrected chi connectivity index (χ4v) is 3.38. The third-order valence-electron chi connectivity index (χ3n) is 4.82. The van der Waals surface area contributed by atoms with Crippen LogP contribution in [0.15, 0.2) is 24.3 Å². The molecule has 3 rings (SSSR count). The number of amides is 2. The minimum absolute atomic E-state index is 0. The van der Waals surface area contributed by atoms with Crippen molar-refractivity contribution in [1.82, 2.24) is 10.6 Å². The minimum Gasteiger partial charge on any atom is -0.349 e. The van der Waals surface area contributed by atoms with Crippen molar-refractivity contribution in [3.63, 3.8) is 0 Å². The Morgan fingerprint density at radius 1 is 1.33 bits per heavy atom. The standard InChI is InChI=1S/C18H25N3O2.ClH/c1-13(20-18(23)14-7-9-19-10-8-14)15-4-2-5-16(12-15)21-11-3-6-17(21)22;/h2,4-5,12-14,19H,3,6-11H2,1H3,(H,20,23);1H. The summed E-state index contributed by atoms with van der Waals surface area (Å²) in [7, 11) is 0. The van der Waals surface area contributed by atoms with Gasteiger partial charge in [-0.15, -0.1) is 12.4 Å². The molecule has 0 aliphatic carbocycles. The Kier molecular flexibility index (Phi) is 6.63. The number of hydrogen-bond acceptors (Lipinski definition) is 3. The first-order valence-corrected chi connectivity index (χ1v) is 8.56. The van der Waals surface area contributed by atoms with Crippen LogP contribution in [0.5, 0.6) is 0 Å². The molecule has 2 amide bonds. The highest BCUT2D eigenvalue weighted by atomic mass is 35.5. The van der Waals surface area contributed by atoms with E-state index in [4.69, 9.17) is 0 Å². The van der Waals surface area contributed by atoms with E-state index in [1.807, 2.05) is 36.1 Å². The number of carbonyl (C=O) groups excluding carboxylic acids is 2. The Balaban J connectivity index is 0.00000208. The predicted octanol–water partition coefficient (Wildman–Crippen LogP) is 2.41. The van der Waals surface area contributed by atoms with Crippen LogP contribution in [0.4, 0.5) is 5.69 Å². The van der Waals surface area contributed by atoms with Crippen LogP contribution in [-0.4, -0.2) is 31.4 Å². The van der Waals surface area contributed by atoms with Gasteiger partial charge in [-0.1, -0.05) is 12.1 Å². The van der Waals surface area contributed by atoms with Gasteiger partial charge in [-0.05, 0) is 57.0 Å². The van der Waals surface area contributed by atoms with Gasteiger partial charge < -0.3 is 15.5 Å². The lowest BCUT2D eigenvalue weighted by atomic mass is 9.96. The van der Waals surface area contributed by atoms with Gasteiger partial charge in [0, 0.05) is 24.6 Å². The van der Waals surface area contributed by atoms with Crippen LogP contribution in [0, 0.1) is 5.92 Å². The maximum atomic E-state index is 12.4. The topological polar surface area (TPSA) is 61.4 Å². The Morgan fingerprint density at radius 2 is 2.08 bits per heavy atom. The fourth-order valence-electron chi connectivity index (χ4n) is 3.38. The van der Waals surface area contributed by atoms with Gasteiger partial charge in [-0.25, -0.2) is 0 Å². The van der Waals surface area contributed by atoms with E-state index < -0.39 is 0 Å². The number of halogens is 1. The predicted molar refractivity (Wildman–Crippen MR) is 97.4 cm³/mol. The van der Waals surface area contributed by atoms with E-state index in [0.29, 0.717) is 6.42 Å². The summed E-state index contributed by atoms with van der Waals surface area (Å²) in [6.07, 6.45) is 3.36. The average molecular weight is 352 g/mol. The molecule has 0 aromatic heterocycles. The van der Waals surface area contributed by atoms with Crippen molar-refractivity contribution in [3.8, 4) is 0 Å². The summed E-state index contributed by atoms with van der Waals surface area (Å²) in [5.74, 6) is 0.442. The normalized spacial score (nSPS) is 19.7. The molecular weight excluding hydrogens is 326 g/mol. The summed E-state index contributed by atoms with van der Waals surface area (Å²) in [5, 5.41) is 6.40. The van der Waals surface area contributed by atoms with Gasteiger partial charge >= 0.3 is 0 Å². The quantitative estimate of drug-likeness (QED) is 0.875. The lowest BCUT2D eigenvalue weighted by Crippen LogP contribution is -2.39. The highest BCUT2D eigenvalue weighted by molar-refractivity contribution is 5.95. The monoisotopic (exact) mass is 351 g/mol. The molecule has 0 saturated carbocycles. The molecular formula is C18H26ClN3O2. The average Bonchev–Trinajstić information content (AvgIpc) is 3.02. The molecule has 1 atom stereocenters. The van der Waals surface area contributed by atoms with Crippen molar-refractivity contribution in [2.75, 3.05) is 24.5 Å². The van der Waals surface area contributed by atoms with Gasteiger partial charge in [0.2, 0.25) is 11.8 Å². The van der Waals surface area contributed by atoms with Crippen molar-refractivity contribution in [3.05, 3.63) is 29.8 Å². The van der Waals surface area contributed by atoms with Gasteiger partial charge in [0.15, 0.2) is 0 Å². The molecule has 1 aromatic rings. The van der Waals surface area contributed by atoms with Gasteiger partial charge in [-0.3, -0.25) is 9.59 Å². The first kappa shape index (κ1) is 18.7. The lowest BCUT2D eigenvalue weighted by Gasteiger charge is -2.24. The molecule has 1 unspecified atom stereocenters. The SMILES string of the molecule is CC(NC(=O)C1CCNCC1)c1cccc(N2CCCC2=O)c1.Cl. The molecule has 2 aliphatic heterocycles. The molecule has 2 N–H and O–H groups in total. The number of nitrogens with zero attached hydrogens (tertiary/aromatic N) is 1. The molecule has 132 valence electrons. The fraction of sp³-hybridized carbons (Fsp3) is 0.556. The zero-order valence-electron chi connectivity index (χ0n) is 14.1. The molecule has 2 fully saturated rings. The highest BCUT2D eigenvalue weighted by Crippen LogP contribution is 2.25. The van der Waals surface area contributed by atoms with E-state index in [-0.39, 0.29) is 36.2 Å². The van der Waals surface area contributed by atoms with Crippen molar-refractivity contribution in [1.29, 1.82) is 0 Å². The van der Waals surface area contributed by atoms with E-state index in [2.05, 4.69) is 10.6 Å². The summed E-state index contributed by atoms with van der Waals surface area (Å²) >= 11 is 0. The third-order valence-corrected chi connectivity index (χ3v) is 4.82. The maximum Gasteiger partial charge on any atom is 0.227 e. The molecule has 1 aromatic carbocycles. The van der Waals surface area contributed by atoms with Crippen LogP contribution in [-0.2, 0) is 9.59 Å². The summed E-state index contributed by atoms with van der Waals surface area (Å²) in [6.45, 7) is 4.63. The zero-order valence-corrected chi connectivity index (χ0v) is 14.9. The van der Waals surface area contributed by atoms with Gasteiger partial charge in [0.25, 0.3) is 0 Å². The maximum absolute atomic E-state index is 12.4. The number of hydrogen-bond donors (Lipinski definition) is 2. The summed E-state index contributed by atoms with van der Waals surface area (Å²) in [6, 6.07) is 7.92. The lowest BCUT2D eigenvalue weighted by molar-refractivity contribution is -0.126.